The lowest BCUT2D eigenvalue weighted by molar-refractivity contribution is -0.147. The van der Waals surface area contributed by atoms with Crippen LogP contribution in [0, 0.1) is 23.2 Å². The maximum Gasteiger partial charge on any atom is 0.341 e. The van der Waals surface area contributed by atoms with E-state index < -0.39 is 11.4 Å². The first-order valence-electron chi connectivity index (χ1n) is 10.2. The van der Waals surface area contributed by atoms with Crippen molar-refractivity contribution in [1.29, 1.82) is 0 Å². The third-order valence-corrected chi connectivity index (χ3v) is 9.45. The third kappa shape index (κ3) is 2.24. The number of allylic oxidation sites excluding steroid dienone is 2. The Morgan fingerprint density at radius 1 is 1.08 bits per heavy atom. The van der Waals surface area contributed by atoms with Crippen molar-refractivity contribution in [3.05, 3.63) is 23.8 Å². The van der Waals surface area contributed by atoms with Crippen LogP contribution >= 0.6 is 15.9 Å². The summed E-state index contributed by atoms with van der Waals surface area (Å²) in [7, 11) is 0. The van der Waals surface area contributed by atoms with Crippen molar-refractivity contribution in [3.63, 3.8) is 0 Å². The van der Waals surface area contributed by atoms with Gasteiger partial charge in [0.25, 0.3) is 5.79 Å². The van der Waals surface area contributed by atoms with Gasteiger partial charge in [-0.15, -0.1) is 0 Å². The molecule has 0 bridgehead atoms. The lowest BCUT2D eigenvalue weighted by atomic mass is 9.53. The topological polar surface area (TPSA) is 35.5 Å². The molecule has 1 unspecified atom stereocenters. The summed E-state index contributed by atoms with van der Waals surface area (Å²) < 4.78 is 11.6. The highest BCUT2D eigenvalue weighted by Gasteiger charge is 2.59. The molecule has 4 heteroatoms. The zero-order chi connectivity index (χ0) is 18.4. The Kier molecular flexibility index (Phi) is 3.53. The molecule has 3 saturated carbocycles. The Labute approximate surface area is 164 Å². The Morgan fingerprint density at radius 2 is 1.88 bits per heavy atom. The highest BCUT2D eigenvalue weighted by atomic mass is 79.9. The molecule has 26 heavy (non-hydrogen) atoms. The fourth-order valence-corrected chi connectivity index (χ4v) is 7.77. The van der Waals surface area contributed by atoms with Gasteiger partial charge >= 0.3 is 5.97 Å². The number of halogens is 1. The van der Waals surface area contributed by atoms with Gasteiger partial charge in [0, 0.05) is 0 Å². The molecule has 1 heterocycles. The van der Waals surface area contributed by atoms with E-state index in [1.165, 1.54) is 44.1 Å². The Balaban J connectivity index is 1.48. The summed E-state index contributed by atoms with van der Waals surface area (Å²) in [6.07, 6.45) is 15.5. The second-order valence-corrected chi connectivity index (χ2v) is 11.3. The maximum absolute atomic E-state index is 12.2. The van der Waals surface area contributed by atoms with Crippen LogP contribution in [0.1, 0.15) is 65.7 Å². The minimum Gasteiger partial charge on any atom is -0.423 e. The van der Waals surface area contributed by atoms with Gasteiger partial charge in [0.05, 0.1) is 4.32 Å². The zero-order valence-electron chi connectivity index (χ0n) is 16.0. The summed E-state index contributed by atoms with van der Waals surface area (Å²) in [5, 5.41) is 0. The summed E-state index contributed by atoms with van der Waals surface area (Å²) in [6.45, 7) is 6.10. The summed E-state index contributed by atoms with van der Waals surface area (Å²) >= 11 is 4.15. The molecule has 1 saturated heterocycles. The third-order valence-electron chi connectivity index (χ3n) is 8.09. The minimum atomic E-state index is -1.00. The summed E-state index contributed by atoms with van der Waals surface area (Å²) in [5.41, 5.74) is 1.02. The fourth-order valence-electron chi connectivity index (χ4n) is 6.75. The molecule has 1 spiro atoms. The number of carbonyl (C=O) groups excluding carboxylic acids is 1. The van der Waals surface area contributed by atoms with Gasteiger partial charge in [0.2, 0.25) is 0 Å². The van der Waals surface area contributed by atoms with Crippen LogP contribution in [0.15, 0.2) is 23.8 Å². The van der Waals surface area contributed by atoms with E-state index in [1.807, 2.05) is 6.08 Å². The standard InChI is InChI=1S/C22H29BrO3/c1-19(2)18(24)25-21(26-19)11-12-22(23)14(13-21)6-7-15-16-5-4-9-20(16,3)10-8-17(15)22/h11-13,15-17H,4-10H2,1-3H3/t15-,16-,17-,20-,21?,22+/m0/s1. The van der Waals surface area contributed by atoms with Gasteiger partial charge in [-0.2, -0.15) is 0 Å². The summed E-state index contributed by atoms with van der Waals surface area (Å²) in [5.74, 6) is 1.03. The molecule has 0 amide bonds. The molecule has 0 aromatic heterocycles. The van der Waals surface area contributed by atoms with Crippen LogP contribution in [0.2, 0.25) is 0 Å². The molecule has 3 nitrogen and oxygen atoms in total. The highest BCUT2D eigenvalue weighted by molar-refractivity contribution is 9.10. The van der Waals surface area contributed by atoms with E-state index in [0.717, 1.165) is 18.3 Å². The van der Waals surface area contributed by atoms with Crippen molar-refractivity contribution in [2.24, 2.45) is 23.2 Å². The quantitative estimate of drug-likeness (QED) is 0.303. The number of carbonyl (C=O) groups is 1. The second kappa shape index (κ2) is 5.26. The Bertz CT molecular complexity index is 725. The molecule has 0 radical (unpaired) electrons. The molecule has 0 aromatic rings. The number of esters is 1. The first kappa shape index (κ1) is 17.5. The predicted molar refractivity (Wildman–Crippen MR) is 104 cm³/mol. The van der Waals surface area contributed by atoms with E-state index in [1.54, 1.807) is 13.8 Å². The number of hydrogen-bond donors (Lipinski definition) is 0. The van der Waals surface area contributed by atoms with Crippen molar-refractivity contribution >= 4 is 21.9 Å². The number of alkyl halides is 1. The first-order chi connectivity index (χ1) is 12.2. The zero-order valence-corrected chi connectivity index (χ0v) is 17.6. The van der Waals surface area contributed by atoms with Gasteiger partial charge in [0.15, 0.2) is 5.60 Å². The Hall–Kier alpha value is -0.610. The van der Waals surface area contributed by atoms with Gasteiger partial charge in [-0.25, -0.2) is 4.79 Å². The van der Waals surface area contributed by atoms with Crippen molar-refractivity contribution in [3.8, 4) is 0 Å². The van der Waals surface area contributed by atoms with Gasteiger partial charge in [-0.3, -0.25) is 0 Å². The number of hydrogen-bond acceptors (Lipinski definition) is 3. The van der Waals surface area contributed by atoms with E-state index in [0.29, 0.717) is 11.3 Å². The molecule has 0 aromatic carbocycles. The van der Waals surface area contributed by atoms with Crippen molar-refractivity contribution < 1.29 is 14.3 Å². The number of rotatable bonds is 0. The number of ether oxygens (including phenoxy) is 2. The van der Waals surface area contributed by atoms with Gasteiger partial charge in [-0.05, 0) is 93.3 Å². The lowest BCUT2D eigenvalue weighted by Crippen LogP contribution is -2.51. The molecule has 5 rings (SSSR count). The van der Waals surface area contributed by atoms with Crippen LogP contribution in [-0.4, -0.2) is 21.7 Å². The highest BCUT2D eigenvalue weighted by Crippen LogP contribution is 2.64. The molecule has 4 fully saturated rings. The van der Waals surface area contributed by atoms with E-state index in [4.69, 9.17) is 9.47 Å². The smallest absolute Gasteiger partial charge is 0.341 e. The van der Waals surface area contributed by atoms with E-state index in [2.05, 4.69) is 35.0 Å². The molecular formula is C22H29BrO3. The average Bonchev–Trinajstić information content (AvgIpc) is 3.06. The van der Waals surface area contributed by atoms with Crippen molar-refractivity contribution in [2.45, 2.75) is 81.4 Å². The Morgan fingerprint density at radius 3 is 2.62 bits per heavy atom. The van der Waals surface area contributed by atoms with Crippen LogP contribution in [0.5, 0.6) is 0 Å². The van der Waals surface area contributed by atoms with Crippen LogP contribution in [0.3, 0.4) is 0 Å². The molecule has 4 aliphatic carbocycles. The molecule has 1 aliphatic heterocycles. The maximum atomic E-state index is 12.2. The van der Waals surface area contributed by atoms with Crippen LogP contribution < -0.4 is 0 Å². The van der Waals surface area contributed by atoms with Crippen LogP contribution in [0.25, 0.3) is 0 Å². The normalized spacial score (nSPS) is 51.5. The number of fused-ring (bicyclic) bond motifs is 5. The summed E-state index contributed by atoms with van der Waals surface area (Å²) in [4.78, 5) is 12.2. The van der Waals surface area contributed by atoms with E-state index in [9.17, 15) is 4.79 Å². The molecule has 0 N–H and O–H groups in total. The van der Waals surface area contributed by atoms with Crippen molar-refractivity contribution in [2.75, 3.05) is 0 Å². The van der Waals surface area contributed by atoms with Gasteiger partial charge in [-0.1, -0.05) is 35.4 Å². The lowest BCUT2D eigenvalue weighted by Gasteiger charge is -2.55. The largest absolute Gasteiger partial charge is 0.423 e. The van der Waals surface area contributed by atoms with Crippen LogP contribution in [-0.2, 0) is 14.3 Å². The second-order valence-electron chi connectivity index (χ2n) is 9.99. The van der Waals surface area contributed by atoms with E-state index in [-0.39, 0.29) is 10.3 Å². The molecule has 5 aliphatic rings. The van der Waals surface area contributed by atoms with E-state index >= 15 is 0 Å². The minimum absolute atomic E-state index is 0.0897. The first-order valence-corrected chi connectivity index (χ1v) is 11.0. The summed E-state index contributed by atoms with van der Waals surface area (Å²) in [6, 6.07) is 0. The monoisotopic (exact) mass is 420 g/mol. The van der Waals surface area contributed by atoms with Gasteiger partial charge in [0.1, 0.15) is 0 Å². The molecule has 6 atom stereocenters. The fraction of sp³-hybridized carbons (Fsp3) is 0.773. The SMILES string of the molecule is CC1(C)OC2(C=C[C@@]3(Br)C(=C2)CC[C@H]2[C@@H]4CCC[C@@]4(C)CC[C@@H]23)OC1=O. The average molecular weight is 421 g/mol. The molecule has 142 valence electrons. The van der Waals surface area contributed by atoms with Crippen LogP contribution in [0.4, 0.5) is 0 Å². The van der Waals surface area contributed by atoms with Crippen molar-refractivity contribution in [1.82, 2.24) is 0 Å². The van der Waals surface area contributed by atoms with Gasteiger partial charge < -0.3 is 9.47 Å². The molecular weight excluding hydrogens is 392 g/mol. The predicted octanol–water partition coefficient (Wildman–Crippen LogP) is 5.29.